The van der Waals surface area contributed by atoms with E-state index in [1.807, 2.05) is 0 Å². The highest BCUT2D eigenvalue weighted by atomic mass is 35.5. The predicted molar refractivity (Wildman–Crippen MR) is 189 cm³/mol. The molecule has 1 aromatic heterocycles. The summed E-state index contributed by atoms with van der Waals surface area (Å²) in [4.78, 5) is 43.7. The molecule has 2 aromatic rings. The average Bonchev–Trinajstić information content (AvgIpc) is 3.48. The van der Waals surface area contributed by atoms with Gasteiger partial charge in [-0.05, 0) is 37.9 Å². The number of hydrogen-bond donors (Lipinski definition) is 2. The maximum atomic E-state index is 13.8. The van der Waals surface area contributed by atoms with Gasteiger partial charge in [-0.25, -0.2) is 9.78 Å². The lowest BCUT2D eigenvalue weighted by Gasteiger charge is -2.46. The number of halogens is 2. The lowest BCUT2D eigenvalue weighted by Crippen LogP contribution is -2.52. The minimum atomic E-state index is -0.370. The third-order valence-corrected chi connectivity index (χ3v) is 11.3. The van der Waals surface area contributed by atoms with Crippen molar-refractivity contribution in [1.82, 2.24) is 25.1 Å². The fourth-order valence-electron chi connectivity index (χ4n) is 8.09. The number of nitrogens with one attached hydrogen (secondary N) is 2. The van der Waals surface area contributed by atoms with Gasteiger partial charge in [0.15, 0.2) is 0 Å². The summed E-state index contributed by atoms with van der Waals surface area (Å²) in [7, 11) is 6.86. The zero-order chi connectivity index (χ0) is 34.1. The van der Waals surface area contributed by atoms with Crippen LogP contribution < -0.4 is 29.9 Å². The molecule has 3 fully saturated rings. The van der Waals surface area contributed by atoms with E-state index in [0.29, 0.717) is 40.8 Å². The van der Waals surface area contributed by atoms with Crippen molar-refractivity contribution in [2.75, 3.05) is 69.6 Å². The average molecular weight is 702 g/mol. The van der Waals surface area contributed by atoms with Crippen LogP contribution in [0.3, 0.4) is 0 Å². The quantitative estimate of drug-likeness (QED) is 0.347. The highest BCUT2D eigenvalue weighted by Gasteiger charge is 2.44. The molecule has 260 valence electrons. The molecular formula is C34H46Cl2N8O4. The van der Waals surface area contributed by atoms with Crippen LogP contribution in [0.15, 0.2) is 24.9 Å². The summed E-state index contributed by atoms with van der Waals surface area (Å²) in [6.45, 7) is 7.47. The monoisotopic (exact) mass is 700 g/mol. The summed E-state index contributed by atoms with van der Waals surface area (Å²) >= 11 is 13.3. The Kier molecular flexibility index (Phi) is 10.5. The second-order valence-corrected chi connectivity index (χ2v) is 14.2. The molecule has 2 N–H and O–H groups in total. The van der Waals surface area contributed by atoms with Crippen molar-refractivity contribution in [1.29, 1.82) is 0 Å². The number of aromatic nitrogens is 2. The third kappa shape index (κ3) is 6.77. The van der Waals surface area contributed by atoms with Crippen LogP contribution in [-0.4, -0.2) is 104 Å². The van der Waals surface area contributed by atoms with Crippen LogP contribution in [0, 0.1) is 11.8 Å². The van der Waals surface area contributed by atoms with E-state index in [0.717, 1.165) is 38.5 Å². The van der Waals surface area contributed by atoms with Gasteiger partial charge in [-0.2, -0.15) is 4.98 Å². The highest BCUT2D eigenvalue weighted by molar-refractivity contribution is 6.42. The molecule has 3 amide bonds. The van der Waals surface area contributed by atoms with Crippen LogP contribution in [0.4, 0.5) is 22.2 Å². The van der Waals surface area contributed by atoms with E-state index in [-0.39, 0.29) is 46.3 Å². The molecule has 14 heteroatoms. The van der Waals surface area contributed by atoms with Crippen molar-refractivity contribution in [3.05, 3.63) is 40.5 Å². The topological polar surface area (TPSA) is 115 Å². The molecular weight excluding hydrogens is 655 g/mol. The Hall–Kier alpha value is -3.32. The van der Waals surface area contributed by atoms with Crippen molar-refractivity contribution in [3.63, 3.8) is 0 Å². The molecule has 4 unspecified atom stereocenters. The normalized spacial score (nSPS) is 25.5. The number of benzene rings is 1. The fourth-order valence-corrected chi connectivity index (χ4v) is 8.79. The molecule has 12 nitrogen and oxygen atoms in total. The summed E-state index contributed by atoms with van der Waals surface area (Å²) in [6, 6.07) is 1.36. The first-order chi connectivity index (χ1) is 23.1. The maximum Gasteiger partial charge on any atom is 0.330 e. The first-order valence-corrected chi connectivity index (χ1v) is 17.5. The summed E-state index contributed by atoms with van der Waals surface area (Å²) in [6.07, 6.45) is 10.7. The smallest absolute Gasteiger partial charge is 0.330 e. The largest absolute Gasteiger partial charge is 0.495 e. The van der Waals surface area contributed by atoms with Gasteiger partial charge in [0.2, 0.25) is 11.9 Å². The van der Waals surface area contributed by atoms with Crippen molar-refractivity contribution >= 4 is 52.6 Å². The molecule has 4 heterocycles. The number of rotatable bonds is 9. The lowest BCUT2D eigenvalue weighted by molar-refractivity contribution is -0.117. The minimum absolute atomic E-state index is 0.137. The molecule has 1 aromatic carbocycles. The molecule has 4 aliphatic rings. The van der Waals surface area contributed by atoms with Crippen LogP contribution in [0.25, 0.3) is 0 Å². The Morgan fingerprint density at radius 3 is 2.38 bits per heavy atom. The first kappa shape index (κ1) is 34.5. The number of carbonyl (C=O) groups is 2. The third-order valence-electron chi connectivity index (χ3n) is 10.5. The van der Waals surface area contributed by atoms with E-state index in [1.165, 1.54) is 62.2 Å². The molecule has 48 heavy (non-hydrogen) atoms. The fraction of sp³-hybridized carbons (Fsp3) is 0.588. The summed E-state index contributed by atoms with van der Waals surface area (Å²) in [5.74, 6) is 2.66. The maximum absolute atomic E-state index is 13.8. The first-order valence-electron chi connectivity index (χ1n) is 16.8. The lowest BCUT2D eigenvalue weighted by atomic mass is 9.74. The highest BCUT2D eigenvalue weighted by Crippen LogP contribution is 2.48. The van der Waals surface area contributed by atoms with Crippen molar-refractivity contribution in [2.45, 2.75) is 63.2 Å². The van der Waals surface area contributed by atoms with E-state index in [4.69, 9.17) is 37.7 Å². The number of anilines is 3. The van der Waals surface area contributed by atoms with E-state index in [1.54, 1.807) is 19.3 Å². The van der Waals surface area contributed by atoms with Gasteiger partial charge in [0, 0.05) is 50.6 Å². The molecule has 0 spiro atoms. The van der Waals surface area contributed by atoms with Crippen LogP contribution in [-0.2, 0) is 11.3 Å². The molecule has 1 saturated carbocycles. The van der Waals surface area contributed by atoms with Crippen molar-refractivity contribution < 1.29 is 19.1 Å². The second-order valence-electron chi connectivity index (χ2n) is 13.4. The standard InChI is InChI=1S/C34H46Cl2N8O4/c1-6-28(45)38-23-18-43(25-12-13-41(2)17-22(25)20-10-8-7-9-11-20)19-24(23)39-33-37-15-21-16-44(34(46)42(3)32(21)40-33)31-29(35)26(47-4)14-27(48-5)30(31)36/h6,14-15,20,22-25H,1,7-13,16-19H2,2-5H3,(H,38,45)(H,37,39,40). The number of ether oxygens (including phenoxy) is 2. The van der Waals surface area contributed by atoms with Gasteiger partial charge in [-0.15, -0.1) is 0 Å². The minimum Gasteiger partial charge on any atom is -0.495 e. The van der Waals surface area contributed by atoms with Gasteiger partial charge in [0.05, 0.1) is 38.5 Å². The van der Waals surface area contributed by atoms with E-state index in [2.05, 4.69) is 39.0 Å². The van der Waals surface area contributed by atoms with Gasteiger partial charge < -0.3 is 25.0 Å². The Morgan fingerprint density at radius 1 is 1.02 bits per heavy atom. The predicted octanol–water partition coefficient (Wildman–Crippen LogP) is 5.04. The second kappa shape index (κ2) is 14.7. The molecule has 0 bridgehead atoms. The summed E-state index contributed by atoms with van der Waals surface area (Å²) in [5, 5.41) is 7.07. The van der Waals surface area contributed by atoms with Gasteiger partial charge in [0.25, 0.3) is 0 Å². The van der Waals surface area contributed by atoms with Crippen LogP contribution in [0.2, 0.25) is 10.0 Å². The number of likely N-dealkylation sites (tertiary alicyclic amines) is 2. The number of fused-ring (bicyclic) bond motifs is 1. The van der Waals surface area contributed by atoms with Crippen molar-refractivity contribution in [3.8, 4) is 11.5 Å². The Balaban J connectivity index is 1.24. The SMILES string of the molecule is C=CC(=O)NC1CN(C2CCN(C)CC2C2CCCCC2)CC1Nc1ncc2c(n1)N(C)C(=O)N(c1c(Cl)c(OC)cc(OC)c1Cl)C2. The number of urea groups is 1. The molecule has 2 saturated heterocycles. The Morgan fingerprint density at radius 2 is 1.71 bits per heavy atom. The molecule has 6 rings (SSSR count). The van der Waals surface area contributed by atoms with Gasteiger partial charge in [-0.1, -0.05) is 61.9 Å². The molecule has 3 aliphatic heterocycles. The van der Waals surface area contributed by atoms with Crippen LogP contribution in [0.1, 0.15) is 44.1 Å². The molecule has 4 atom stereocenters. The van der Waals surface area contributed by atoms with Crippen LogP contribution >= 0.6 is 23.2 Å². The number of methoxy groups -OCH3 is 2. The van der Waals surface area contributed by atoms with E-state index < -0.39 is 0 Å². The Labute approximate surface area is 292 Å². The number of piperidine rings is 1. The molecule has 1 aliphatic carbocycles. The van der Waals surface area contributed by atoms with E-state index in [9.17, 15) is 9.59 Å². The number of nitrogens with zero attached hydrogens (tertiary/aromatic N) is 6. The van der Waals surface area contributed by atoms with E-state index >= 15 is 0 Å². The molecule has 0 radical (unpaired) electrons. The van der Waals surface area contributed by atoms with Crippen molar-refractivity contribution in [2.24, 2.45) is 11.8 Å². The summed E-state index contributed by atoms with van der Waals surface area (Å²) < 4.78 is 10.8. The zero-order valence-electron chi connectivity index (χ0n) is 28.2. The zero-order valence-corrected chi connectivity index (χ0v) is 29.7. The summed E-state index contributed by atoms with van der Waals surface area (Å²) in [5.41, 5.74) is 0.995. The Bertz CT molecular complexity index is 1510. The number of amides is 3. The van der Waals surface area contributed by atoms with Gasteiger partial charge in [0.1, 0.15) is 27.4 Å². The van der Waals surface area contributed by atoms with Gasteiger partial charge >= 0.3 is 6.03 Å². The van der Waals surface area contributed by atoms with Crippen LogP contribution in [0.5, 0.6) is 11.5 Å². The number of carbonyl (C=O) groups excluding carboxylic acids is 2. The number of hydrogen-bond acceptors (Lipinski definition) is 9. The van der Waals surface area contributed by atoms with Gasteiger partial charge in [-0.3, -0.25) is 19.5 Å².